The highest BCUT2D eigenvalue weighted by atomic mass is 32.2. The highest BCUT2D eigenvalue weighted by Gasteiger charge is 2.02. The standard InChI is InChI=1S/C14H22N4O2S2/c1-17(2)10-12-6-4-7-13(16-12)22-9-5-8-15-14(21-3)11-18(19)20/h4,6-7,11,15H,5,8-10H2,1-3H3. The zero-order valence-electron chi connectivity index (χ0n) is 13.1. The van der Waals surface area contributed by atoms with Gasteiger partial charge in [-0.15, -0.1) is 23.5 Å². The van der Waals surface area contributed by atoms with Crippen LogP contribution in [0.5, 0.6) is 0 Å². The molecule has 0 aliphatic carbocycles. The van der Waals surface area contributed by atoms with Crippen LogP contribution in [0.15, 0.2) is 34.5 Å². The van der Waals surface area contributed by atoms with Crippen molar-refractivity contribution in [2.75, 3.05) is 32.6 Å². The highest BCUT2D eigenvalue weighted by Crippen LogP contribution is 2.17. The largest absolute Gasteiger partial charge is 0.375 e. The lowest BCUT2D eigenvalue weighted by Crippen LogP contribution is -2.14. The Kier molecular flexibility index (Phi) is 8.95. The predicted octanol–water partition coefficient (Wildman–Crippen LogP) is 2.65. The van der Waals surface area contributed by atoms with Gasteiger partial charge in [-0.1, -0.05) is 6.07 Å². The van der Waals surface area contributed by atoms with Gasteiger partial charge in [0.05, 0.1) is 15.6 Å². The molecule has 1 aromatic heterocycles. The minimum Gasteiger partial charge on any atom is -0.375 e. The van der Waals surface area contributed by atoms with E-state index in [-0.39, 0.29) is 0 Å². The first kappa shape index (κ1) is 18.8. The molecular weight excluding hydrogens is 320 g/mol. The Morgan fingerprint density at radius 1 is 1.50 bits per heavy atom. The first-order valence-corrected chi connectivity index (χ1v) is 9.09. The van der Waals surface area contributed by atoms with E-state index >= 15 is 0 Å². The average Bonchev–Trinajstić information content (AvgIpc) is 2.45. The van der Waals surface area contributed by atoms with Crippen LogP contribution in [0.1, 0.15) is 12.1 Å². The summed E-state index contributed by atoms with van der Waals surface area (Å²) in [4.78, 5) is 16.7. The second-order valence-electron chi connectivity index (χ2n) is 4.82. The molecular formula is C14H22N4O2S2. The fraction of sp³-hybridized carbons (Fsp3) is 0.500. The molecule has 8 heteroatoms. The number of hydrogen-bond donors (Lipinski definition) is 1. The monoisotopic (exact) mass is 342 g/mol. The molecule has 6 nitrogen and oxygen atoms in total. The third-order valence-electron chi connectivity index (χ3n) is 2.57. The van der Waals surface area contributed by atoms with Gasteiger partial charge >= 0.3 is 0 Å². The van der Waals surface area contributed by atoms with Gasteiger partial charge in [-0.2, -0.15) is 0 Å². The predicted molar refractivity (Wildman–Crippen MR) is 93.6 cm³/mol. The minimum absolute atomic E-state index is 0.437. The molecule has 0 saturated heterocycles. The van der Waals surface area contributed by atoms with Crippen LogP contribution in [0.3, 0.4) is 0 Å². The zero-order chi connectivity index (χ0) is 16.4. The second kappa shape index (κ2) is 10.5. The Labute approximate surface area is 139 Å². The van der Waals surface area contributed by atoms with Crippen LogP contribution >= 0.6 is 23.5 Å². The number of nitro groups is 1. The molecule has 0 fully saturated rings. The number of thioether (sulfide) groups is 2. The number of nitrogens with zero attached hydrogens (tertiary/aromatic N) is 3. The molecule has 0 atom stereocenters. The first-order valence-electron chi connectivity index (χ1n) is 6.88. The molecule has 22 heavy (non-hydrogen) atoms. The van der Waals surface area contributed by atoms with Crippen molar-refractivity contribution in [3.8, 4) is 0 Å². The topological polar surface area (TPSA) is 71.3 Å². The Balaban J connectivity index is 2.31. The van der Waals surface area contributed by atoms with E-state index in [1.807, 2.05) is 38.6 Å². The summed E-state index contributed by atoms with van der Waals surface area (Å²) in [7, 11) is 4.05. The second-order valence-corrected chi connectivity index (χ2v) is 6.78. The molecule has 0 saturated carbocycles. The molecule has 1 N–H and O–H groups in total. The van der Waals surface area contributed by atoms with Crippen LogP contribution in [0.2, 0.25) is 0 Å². The van der Waals surface area contributed by atoms with Crippen molar-refractivity contribution >= 4 is 23.5 Å². The molecule has 0 aliphatic rings. The van der Waals surface area contributed by atoms with Crippen molar-refractivity contribution in [3.63, 3.8) is 0 Å². The molecule has 0 radical (unpaired) electrons. The van der Waals surface area contributed by atoms with Gasteiger partial charge in [-0.05, 0) is 38.9 Å². The summed E-state index contributed by atoms with van der Waals surface area (Å²) in [6.07, 6.45) is 3.74. The van der Waals surface area contributed by atoms with Crippen molar-refractivity contribution in [2.45, 2.75) is 18.0 Å². The van der Waals surface area contributed by atoms with Crippen LogP contribution < -0.4 is 5.32 Å². The van der Waals surface area contributed by atoms with Crippen LogP contribution in [0, 0.1) is 10.1 Å². The summed E-state index contributed by atoms with van der Waals surface area (Å²) in [6, 6.07) is 6.06. The lowest BCUT2D eigenvalue weighted by molar-refractivity contribution is -0.403. The highest BCUT2D eigenvalue weighted by molar-refractivity contribution is 8.02. The van der Waals surface area contributed by atoms with E-state index in [0.29, 0.717) is 11.6 Å². The lowest BCUT2D eigenvalue weighted by Gasteiger charge is -2.10. The maximum Gasteiger partial charge on any atom is 0.263 e. The van der Waals surface area contributed by atoms with E-state index in [2.05, 4.69) is 15.2 Å². The number of hydrogen-bond acceptors (Lipinski definition) is 7. The van der Waals surface area contributed by atoms with Crippen molar-refractivity contribution in [3.05, 3.63) is 45.2 Å². The summed E-state index contributed by atoms with van der Waals surface area (Å²) in [5, 5.41) is 15.1. The summed E-state index contributed by atoms with van der Waals surface area (Å²) < 4.78 is 0. The molecule has 0 amide bonds. The van der Waals surface area contributed by atoms with Crippen molar-refractivity contribution in [1.29, 1.82) is 0 Å². The van der Waals surface area contributed by atoms with Crippen LogP contribution in [-0.2, 0) is 6.54 Å². The van der Waals surface area contributed by atoms with E-state index in [0.717, 1.165) is 35.6 Å². The minimum atomic E-state index is -0.437. The maximum atomic E-state index is 10.4. The van der Waals surface area contributed by atoms with Crippen molar-refractivity contribution < 1.29 is 4.92 Å². The SMILES string of the molecule is CSC(=C[N+](=O)[O-])NCCCSc1cccc(CN(C)C)n1. The van der Waals surface area contributed by atoms with Crippen molar-refractivity contribution in [2.24, 2.45) is 0 Å². The van der Waals surface area contributed by atoms with Gasteiger partial charge in [0.15, 0.2) is 0 Å². The Morgan fingerprint density at radius 3 is 2.91 bits per heavy atom. The van der Waals surface area contributed by atoms with Crippen LogP contribution in [0.4, 0.5) is 0 Å². The van der Waals surface area contributed by atoms with Gasteiger partial charge in [0.1, 0.15) is 5.03 Å². The summed E-state index contributed by atoms with van der Waals surface area (Å²) in [6.45, 7) is 1.55. The van der Waals surface area contributed by atoms with Gasteiger partial charge in [-0.25, -0.2) is 4.98 Å². The average molecular weight is 342 g/mol. The maximum absolute atomic E-state index is 10.4. The fourth-order valence-corrected chi connectivity index (χ4v) is 2.97. The number of aromatic nitrogens is 1. The molecule has 0 spiro atoms. The van der Waals surface area contributed by atoms with Crippen molar-refractivity contribution in [1.82, 2.24) is 15.2 Å². The Morgan fingerprint density at radius 2 is 2.27 bits per heavy atom. The first-order chi connectivity index (χ1) is 10.5. The number of nitrogens with one attached hydrogen (secondary N) is 1. The van der Waals surface area contributed by atoms with Gasteiger partial charge < -0.3 is 10.2 Å². The van der Waals surface area contributed by atoms with Gasteiger partial charge in [0, 0.05) is 18.8 Å². The fourth-order valence-electron chi connectivity index (χ4n) is 1.68. The zero-order valence-corrected chi connectivity index (χ0v) is 14.7. The van der Waals surface area contributed by atoms with Gasteiger partial charge in [0.2, 0.25) is 0 Å². The Hall–Kier alpha value is -1.25. The smallest absolute Gasteiger partial charge is 0.263 e. The summed E-state index contributed by atoms with van der Waals surface area (Å²) in [5.41, 5.74) is 1.06. The molecule has 1 rings (SSSR count). The van der Waals surface area contributed by atoms with Gasteiger partial charge in [0.25, 0.3) is 6.20 Å². The third kappa shape index (κ3) is 8.26. The molecule has 122 valence electrons. The van der Waals surface area contributed by atoms with E-state index in [9.17, 15) is 10.1 Å². The summed E-state index contributed by atoms with van der Waals surface area (Å²) >= 11 is 3.05. The normalized spacial score (nSPS) is 11.7. The molecule has 0 unspecified atom stereocenters. The van der Waals surface area contributed by atoms with Gasteiger partial charge in [-0.3, -0.25) is 10.1 Å². The number of rotatable bonds is 10. The van der Waals surface area contributed by atoms with Crippen LogP contribution in [-0.4, -0.2) is 47.5 Å². The van der Waals surface area contributed by atoms with E-state index < -0.39 is 4.92 Å². The third-order valence-corrected chi connectivity index (χ3v) is 4.28. The molecule has 1 aromatic rings. The Bertz CT molecular complexity index is 509. The number of pyridine rings is 1. The molecule has 0 aliphatic heterocycles. The molecule has 1 heterocycles. The molecule has 0 bridgehead atoms. The van der Waals surface area contributed by atoms with Crippen LogP contribution in [0.25, 0.3) is 0 Å². The summed E-state index contributed by atoms with van der Waals surface area (Å²) in [5.74, 6) is 0.922. The van der Waals surface area contributed by atoms with E-state index in [4.69, 9.17) is 0 Å². The lowest BCUT2D eigenvalue weighted by atomic mass is 10.3. The van der Waals surface area contributed by atoms with E-state index in [1.54, 1.807) is 11.8 Å². The quantitative estimate of drug-likeness (QED) is 0.303. The van der Waals surface area contributed by atoms with E-state index in [1.165, 1.54) is 11.8 Å². The molecule has 0 aromatic carbocycles.